The highest BCUT2D eigenvalue weighted by Crippen LogP contribution is 2.37. The van der Waals surface area contributed by atoms with Crippen molar-refractivity contribution in [3.05, 3.63) is 49.1 Å². The van der Waals surface area contributed by atoms with Crippen molar-refractivity contribution in [1.29, 1.82) is 0 Å². The fraction of sp³-hybridized carbons (Fsp3) is 0.261. The summed E-state index contributed by atoms with van der Waals surface area (Å²) in [6.45, 7) is 0.909. The molecule has 0 unspecified atom stereocenters. The van der Waals surface area contributed by atoms with Crippen LogP contribution in [0.5, 0.6) is 5.75 Å². The first-order chi connectivity index (χ1) is 16.0. The van der Waals surface area contributed by atoms with Gasteiger partial charge >= 0.3 is 0 Å². The monoisotopic (exact) mass is 465 g/mol. The third-order valence-electron chi connectivity index (χ3n) is 5.58. The summed E-state index contributed by atoms with van der Waals surface area (Å²) >= 11 is 4.41. The van der Waals surface area contributed by atoms with E-state index in [0.29, 0.717) is 52.6 Å². The number of benzene rings is 2. The molecular weight excluding hydrogens is 441 g/mol. The van der Waals surface area contributed by atoms with Gasteiger partial charge in [0.1, 0.15) is 30.2 Å². The molecule has 0 radical (unpaired) electrons. The number of piperidine rings is 1. The molecule has 1 aliphatic rings. The zero-order valence-corrected chi connectivity index (χ0v) is 18.9. The van der Waals surface area contributed by atoms with Crippen molar-refractivity contribution < 1.29 is 9.13 Å². The van der Waals surface area contributed by atoms with Crippen LogP contribution < -0.4 is 21.1 Å². The highest BCUT2D eigenvalue weighted by Gasteiger charge is 2.24. The summed E-state index contributed by atoms with van der Waals surface area (Å²) in [4.78, 5) is 9.62. The quantitative estimate of drug-likeness (QED) is 0.263. The number of hydrogen-bond donors (Lipinski definition) is 4. The molecule has 5 rings (SSSR count). The van der Waals surface area contributed by atoms with Crippen LogP contribution in [0.15, 0.2) is 53.9 Å². The Morgan fingerprint density at radius 1 is 1.21 bits per heavy atom. The van der Waals surface area contributed by atoms with Gasteiger partial charge in [-0.25, -0.2) is 14.4 Å². The summed E-state index contributed by atoms with van der Waals surface area (Å²) in [5.74, 6) is 1.16. The zero-order valence-electron chi connectivity index (χ0n) is 18.0. The number of aromatic nitrogens is 4. The second-order valence-electron chi connectivity index (χ2n) is 8.12. The average molecular weight is 466 g/mol. The number of nitrogens with zero attached hydrogens (tertiary/aromatic N) is 4. The molecule has 4 N–H and O–H groups in total. The molecule has 1 aliphatic heterocycles. The number of rotatable bonds is 5. The predicted octanol–water partition coefficient (Wildman–Crippen LogP) is 3.72. The van der Waals surface area contributed by atoms with E-state index in [1.165, 1.54) is 6.33 Å². The molecule has 4 aromatic rings. The lowest BCUT2D eigenvalue weighted by Crippen LogP contribution is -2.43. The Morgan fingerprint density at radius 2 is 2.09 bits per heavy atom. The Hall–Kier alpha value is -3.37. The molecule has 0 aliphatic carbocycles. The molecule has 3 heterocycles. The Labute approximate surface area is 195 Å². The van der Waals surface area contributed by atoms with Crippen molar-refractivity contribution in [2.75, 3.05) is 24.1 Å². The van der Waals surface area contributed by atoms with Crippen molar-refractivity contribution in [3.63, 3.8) is 0 Å². The highest BCUT2D eigenvalue weighted by molar-refractivity contribution is 7.80. The van der Waals surface area contributed by atoms with Crippen molar-refractivity contribution in [3.8, 4) is 16.9 Å². The Morgan fingerprint density at radius 3 is 2.85 bits per heavy atom. The average Bonchev–Trinajstić information content (AvgIpc) is 3.23. The van der Waals surface area contributed by atoms with Crippen LogP contribution in [0, 0.1) is 0 Å². The predicted molar refractivity (Wildman–Crippen MR) is 130 cm³/mol. The maximum absolute atomic E-state index is 14.0. The van der Waals surface area contributed by atoms with Gasteiger partial charge in [0.05, 0.1) is 17.1 Å². The number of nitrogens with two attached hydrogens (primary N) is 1. The molecule has 0 bridgehead atoms. The SMILES string of the molecule is Cn1cc(-c2cc(O[C@H]3CNC[C@H](F)C3)c3c(Nc4ccc(N)c(S)c4)ncnc3c2)cn1. The van der Waals surface area contributed by atoms with Crippen LogP contribution in [0.25, 0.3) is 22.0 Å². The molecular formula is C23H24FN7OS. The third-order valence-corrected chi connectivity index (χ3v) is 5.97. The number of alkyl halides is 1. The molecule has 2 aromatic heterocycles. The van der Waals surface area contributed by atoms with E-state index >= 15 is 0 Å². The molecule has 0 amide bonds. The summed E-state index contributed by atoms with van der Waals surface area (Å²) in [6, 6.07) is 9.36. The lowest BCUT2D eigenvalue weighted by Gasteiger charge is -2.27. The van der Waals surface area contributed by atoms with Gasteiger partial charge in [0, 0.05) is 54.6 Å². The second kappa shape index (κ2) is 8.87. The topological polar surface area (TPSA) is 103 Å². The van der Waals surface area contributed by atoms with Gasteiger partial charge in [0.25, 0.3) is 0 Å². The van der Waals surface area contributed by atoms with Crippen molar-refractivity contribution in [2.24, 2.45) is 7.05 Å². The number of hydrogen-bond acceptors (Lipinski definition) is 8. The smallest absolute Gasteiger partial charge is 0.145 e. The first-order valence-corrected chi connectivity index (χ1v) is 11.1. The molecule has 1 saturated heterocycles. The minimum absolute atomic E-state index is 0.310. The molecule has 10 heteroatoms. The molecule has 170 valence electrons. The number of halogens is 1. The normalized spacial score (nSPS) is 18.4. The summed E-state index contributed by atoms with van der Waals surface area (Å²) in [5.41, 5.74) is 9.79. The van der Waals surface area contributed by atoms with Gasteiger partial charge < -0.3 is 21.1 Å². The Kier molecular flexibility index (Phi) is 5.77. The molecule has 0 saturated carbocycles. The van der Waals surface area contributed by atoms with Crippen LogP contribution in [0.2, 0.25) is 0 Å². The Balaban J connectivity index is 1.61. The van der Waals surface area contributed by atoms with Gasteiger partial charge in [-0.05, 0) is 35.9 Å². The molecule has 0 spiro atoms. The van der Waals surface area contributed by atoms with E-state index in [0.717, 1.165) is 16.8 Å². The summed E-state index contributed by atoms with van der Waals surface area (Å²) in [6.07, 6.45) is 4.27. The number of ether oxygens (including phenoxy) is 1. The van der Waals surface area contributed by atoms with E-state index in [-0.39, 0.29) is 6.10 Å². The fourth-order valence-corrected chi connectivity index (χ4v) is 4.17. The number of anilines is 3. The van der Waals surface area contributed by atoms with Crippen LogP contribution in [0.4, 0.5) is 21.6 Å². The third kappa shape index (κ3) is 4.57. The van der Waals surface area contributed by atoms with Gasteiger partial charge in [-0.1, -0.05) is 0 Å². The first kappa shape index (κ1) is 21.5. The van der Waals surface area contributed by atoms with Crippen LogP contribution in [0.3, 0.4) is 0 Å². The van der Waals surface area contributed by atoms with Crippen LogP contribution in [0.1, 0.15) is 6.42 Å². The number of aryl methyl sites for hydroxylation is 1. The van der Waals surface area contributed by atoms with Crippen molar-refractivity contribution in [2.45, 2.75) is 23.6 Å². The first-order valence-electron chi connectivity index (χ1n) is 10.6. The van der Waals surface area contributed by atoms with Crippen LogP contribution in [-0.2, 0) is 7.05 Å². The molecule has 33 heavy (non-hydrogen) atoms. The minimum Gasteiger partial charge on any atom is -0.488 e. The maximum Gasteiger partial charge on any atom is 0.145 e. The molecule has 8 nitrogen and oxygen atoms in total. The molecule has 2 atom stereocenters. The maximum atomic E-state index is 14.0. The lowest BCUT2D eigenvalue weighted by atomic mass is 10.0. The van der Waals surface area contributed by atoms with Crippen molar-refractivity contribution in [1.82, 2.24) is 25.1 Å². The van der Waals surface area contributed by atoms with Crippen LogP contribution >= 0.6 is 12.6 Å². The number of nitrogens with one attached hydrogen (secondary N) is 2. The van der Waals surface area contributed by atoms with Gasteiger partial charge in [0.15, 0.2) is 0 Å². The van der Waals surface area contributed by atoms with E-state index < -0.39 is 6.17 Å². The Bertz CT molecular complexity index is 1310. The number of fused-ring (bicyclic) bond motifs is 1. The summed E-state index contributed by atoms with van der Waals surface area (Å²) < 4.78 is 22.1. The minimum atomic E-state index is -0.950. The fourth-order valence-electron chi connectivity index (χ4n) is 3.96. The van der Waals surface area contributed by atoms with Gasteiger partial charge in [-0.3, -0.25) is 4.68 Å². The molecule has 2 aromatic carbocycles. The highest BCUT2D eigenvalue weighted by atomic mass is 32.1. The lowest BCUT2D eigenvalue weighted by molar-refractivity contribution is 0.117. The van der Waals surface area contributed by atoms with Crippen molar-refractivity contribution >= 4 is 40.7 Å². The van der Waals surface area contributed by atoms with E-state index in [1.54, 1.807) is 16.9 Å². The van der Waals surface area contributed by atoms with E-state index in [4.69, 9.17) is 10.5 Å². The van der Waals surface area contributed by atoms with Gasteiger partial charge in [-0.2, -0.15) is 5.10 Å². The standard InChI is InChI=1S/C23H24FN7OS/c1-31-11-14(8-29-31)13-4-19-22(20(5-13)32-17-6-15(24)9-26-10-17)23(28-12-27-19)30-16-2-3-18(25)21(33)7-16/h2-5,7-8,11-12,15,17,26,33H,6,9-10,25H2,1H3,(H,27,28,30)/t15-,17-/m1/s1. The molecule has 1 fully saturated rings. The summed E-state index contributed by atoms with van der Waals surface area (Å²) in [7, 11) is 1.86. The number of thiol groups is 1. The number of nitrogen functional groups attached to an aromatic ring is 1. The van der Waals surface area contributed by atoms with E-state index in [9.17, 15) is 4.39 Å². The largest absolute Gasteiger partial charge is 0.488 e. The van der Waals surface area contributed by atoms with Gasteiger partial charge in [-0.15, -0.1) is 12.6 Å². The summed E-state index contributed by atoms with van der Waals surface area (Å²) in [5, 5.41) is 11.4. The zero-order chi connectivity index (χ0) is 22.9. The van der Waals surface area contributed by atoms with E-state index in [1.807, 2.05) is 37.5 Å². The van der Waals surface area contributed by atoms with Crippen LogP contribution in [-0.4, -0.2) is 45.1 Å². The van der Waals surface area contributed by atoms with E-state index in [2.05, 4.69) is 38.3 Å². The second-order valence-corrected chi connectivity index (χ2v) is 8.60. The van der Waals surface area contributed by atoms with Gasteiger partial charge in [0.2, 0.25) is 0 Å².